The summed E-state index contributed by atoms with van der Waals surface area (Å²) in [5.41, 5.74) is 1.54. The molecule has 1 heteroatoms. The Morgan fingerprint density at radius 3 is 2.93 bits per heavy atom. The van der Waals surface area contributed by atoms with Crippen molar-refractivity contribution < 1.29 is 5.11 Å². The summed E-state index contributed by atoms with van der Waals surface area (Å²) in [4.78, 5) is 0. The van der Waals surface area contributed by atoms with Gasteiger partial charge in [0, 0.05) is 0 Å². The van der Waals surface area contributed by atoms with E-state index in [0.717, 1.165) is 12.3 Å². The van der Waals surface area contributed by atoms with Crippen LogP contribution in [-0.2, 0) is 0 Å². The summed E-state index contributed by atoms with van der Waals surface area (Å²) in [7, 11) is 0. The second-order valence-electron chi connectivity index (χ2n) is 5.34. The lowest BCUT2D eigenvalue weighted by atomic mass is 9.65. The topological polar surface area (TPSA) is 20.2 Å². The van der Waals surface area contributed by atoms with Crippen LogP contribution in [0.3, 0.4) is 0 Å². The first-order chi connectivity index (χ1) is 7.08. The Morgan fingerprint density at radius 2 is 2.33 bits per heavy atom. The van der Waals surface area contributed by atoms with Crippen LogP contribution < -0.4 is 0 Å². The van der Waals surface area contributed by atoms with Crippen molar-refractivity contribution >= 4 is 0 Å². The van der Waals surface area contributed by atoms with Gasteiger partial charge in [0.1, 0.15) is 0 Å². The number of fused-ring (bicyclic) bond motifs is 1. The quantitative estimate of drug-likeness (QED) is 0.687. The van der Waals surface area contributed by atoms with Gasteiger partial charge in [-0.2, -0.15) is 0 Å². The summed E-state index contributed by atoms with van der Waals surface area (Å²) in [6, 6.07) is 0. The van der Waals surface area contributed by atoms with E-state index in [2.05, 4.69) is 32.1 Å². The largest absolute Gasteiger partial charge is 0.389 e. The SMILES string of the molecule is CCC1CC=CC2CC(C(C)O)=CC21C. The highest BCUT2D eigenvalue weighted by molar-refractivity contribution is 5.28. The second kappa shape index (κ2) is 3.79. The van der Waals surface area contributed by atoms with Gasteiger partial charge in [0.25, 0.3) is 0 Å². The molecule has 84 valence electrons. The maximum Gasteiger partial charge on any atom is 0.0722 e. The van der Waals surface area contributed by atoms with Crippen LogP contribution in [0.5, 0.6) is 0 Å². The average Bonchev–Trinajstić information content (AvgIpc) is 2.54. The van der Waals surface area contributed by atoms with Gasteiger partial charge in [-0.1, -0.05) is 38.5 Å². The lowest BCUT2D eigenvalue weighted by molar-refractivity contribution is 0.181. The highest BCUT2D eigenvalue weighted by Crippen LogP contribution is 2.52. The van der Waals surface area contributed by atoms with Gasteiger partial charge in [0.05, 0.1) is 6.10 Å². The van der Waals surface area contributed by atoms with E-state index in [1.807, 2.05) is 6.92 Å². The summed E-state index contributed by atoms with van der Waals surface area (Å²) in [6.07, 6.45) is 10.3. The molecule has 15 heavy (non-hydrogen) atoms. The third-order valence-electron chi connectivity index (χ3n) is 4.45. The molecule has 4 atom stereocenters. The van der Waals surface area contributed by atoms with Crippen molar-refractivity contribution in [1.82, 2.24) is 0 Å². The number of aliphatic hydroxyl groups excluding tert-OH is 1. The summed E-state index contributed by atoms with van der Waals surface area (Å²) in [5.74, 6) is 1.38. The molecule has 0 fully saturated rings. The van der Waals surface area contributed by atoms with Crippen molar-refractivity contribution in [3.8, 4) is 0 Å². The van der Waals surface area contributed by atoms with Crippen molar-refractivity contribution in [2.75, 3.05) is 0 Å². The molecule has 4 unspecified atom stereocenters. The highest BCUT2D eigenvalue weighted by atomic mass is 16.3. The zero-order valence-corrected chi connectivity index (χ0v) is 10.0. The van der Waals surface area contributed by atoms with Crippen LogP contribution >= 0.6 is 0 Å². The number of allylic oxidation sites excluding steroid dienone is 3. The Morgan fingerprint density at radius 1 is 1.60 bits per heavy atom. The molecular formula is C14H22O. The standard InChI is InChI=1S/C14H22O/c1-4-12-6-5-7-13-8-11(10(2)15)9-14(12,13)3/h5,7,9-10,12-13,15H,4,6,8H2,1-3H3. The highest BCUT2D eigenvalue weighted by Gasteiger charge is 2.43. The van der Waals surface area contributed by atoms with Crippen molar-refractivity contribution in [3.63, 3.8) is 0 Å². The molecule has 0 amide bonds. The zero-order valence-electron chi connectivity index (χ0n) is 10.0. The first-order valence-electron chi connectivity index (χ1n) is 6.14. The number of hydrogen-bond donors (Lipinski definition) is 1. The summed E-state index contributed by atoms with van der Waals surface area (Å²) < 4.78 is 0. The summed E-state index contributed by atoms with van der Waals surface area (Å²) in [6.45, 7) is 6.53. The van der Waals surface area contributed by atoms with Crippen LogP contribution in [-0.4, -0.2) is 11.2 Å². The molecule has 1 N–H and O–H groups in total. The molecule has 0 aromatic heterocycles. The van der Waals surface area contributed by atoms with E-state index in [-0.39, 0.29) is 6.10 Å². The van der Waals surface area contributed by atoms with Gasteiger partial charge in [0.2, 0.25) is 0 Å². The van der Waals surface area contributed by atoms with Crippen molar-refractivity contribution in [2.45, 2.75) is 46.1 Å². The van der Waals surface area contributed by atoms with Gasteiger partial charge in [-0.05, 0) is 42.6 Å². The molecule has 0 aliphatic heterocycles. The molecule has 0 saturated carbocycles. The minimum absolute atomic E-state index is 0.265. The molecule has 0 heterocycles. The number of hydrogen-bond acceptors (Lipinski definition) is 1. The van der Waals surface area contributed by atoms with Crippen molar-refractivity contribution in [1.29, 1.82) is 0 Å². The Hall–Kier alpha value is -0.560. The Kier molecular flexibility index (Phi) is 2.76. The molecule has 0 radical (unpaired) electrons. The maximum absolute atomic E-state index is 9.68. The average molecular weight is 206 g/mol. The lowest BCUT2D eigenvalue weighted by Crippen LogP contribution is -2.31. The Balaban J connectivity index is 2.30. The third-order valence-corrected chi connectivity index (χ3v) is 4.45. The van der Waals surface area contributed by atoms with E-state index in [1.165, 1.54) is 18.4 Å². The van der Waals surface area contributed by atoms with Gasteiger partial charge in [-0.25, -0.2) is 0 Å². The molecule has 1 nitrogen and oxygen atoms in total. The van der Waals surface area contributed by atoms with Gasteiger partial charge in [-0.15, -0.1) is 0 Å². The molecule has 0 spiro atoms. The predicted octanol–water partition coefficient (Wildman–Crippen LogP) is 3.31. The van der Waals surface area contributed by atoms with E-state index in [4.69, 9.17) is 0 Å². The second-order valence-corrected chi connectivity index (χ2v) is 5.34. The molecule has 2 aliphatic rings. The van der Waals surface area contributed by atoms with Crippen molar-refractivity contribution in [3.05, 3.63) is 23.8 Å². The Bertz CT molecular complexity index is 300. The zero-order chi connectivity index (χ0) is 11.1. The van der Waals surface area contributed by atoms with Crippen LogP contribution in [0.2, 0.25) is 0 Å². The van der Waals surface area contributed by atoms with Crippen LogP contribution in [0.25, 0.3) is 0 Å². The number of aliphatic hydroxyl groups is 1. The van der Waals surface area contributed by atoms with Crippen LogP contribution in [0, 0.1) is 17.3 Å². The van der Waals surface area contributed by atoms with Crippen LogP contribution in [0.1, 0.15) is 40.0 Å². The lowest BCUT2D eigenvalue weighted by Gasteiger charge is -2.39. The maximum atomic E-state index is 9.68. The van der Waals surface area contributed by atoms with Crippen LogP contribution in [0.4, 0.5) is 0 Å². The first-order valence-corrected chi connectivity index (χ1v) is 6.14. The van der Waals surface area contributed by atoms with Crippen LogP contribution in [0.15, 0.2) is 23.8 Å². The van der Waals surface area contributed by atoms with E-state index >= 15 is 0 Å². The molecular weight excluding hydrogens is 184 g/mol. The normalized spacial score (nSPS) is 41.2. The van der Waals surface area contributed by atoms with E-state index in [1.54, 1.807) is 0 Å². The smallest absolute Gasteiger partial charge is 0.0722 e. The van der Waals surface area contributed by atoms with Gasteiger partial charge in [0.15, 0.2) is 0 Å². The van der Waals surface area contributed by atoms with Gasteiger partial charge < -0.3 is 5.11 Å². The van der Waals surface area contributed by atoms with E-state index < -0.39 is 0 Å². The fourth-order valence-electron chi connectivity index (χ4n) is 3.29. The first kappa shape index (κ1) is 10.9. The molecule has 0 aromatic rings. The van der Waals surface area contributed by atoms with Gasteiger partial charge >= 0.3 is 0 Å². The molecule has 2 aliphatic carbocycles. The number of rotatable bonds is 2. The van der Waals surface area contributed by atoms with E-state index in [9.17, 15) is 5.11 Å². The molecule has 0 bridgehead atoms. The Labute approximate surface area is 92.9 Å². The third kappa shape index (κ3) is 1.67. The predicted molar refractivity (Wildman–Crippen MR) is 63.5 cm³/mol. The minimum Gasteiger partial charge on any atom is -0.389 e. The molecule has 0 saturated heterocycles. The fraction of sp³-hybridized carbons (Fsp3) is 0.714. The monoisotopic (exact) mass is 206 g/mol. The molecule has 2 rings (SSSR count). The minimum atomic E-state index is -0.265. The fourth-order valence-corrected chi connectivity index (χ4v) is 3.29. The summed E-state index contributed by atoms with van der Waals surface area (Å²) >= 11 is 0. The summed E-state index contributed by atoms with van der Waals surface area (Å²) in [5, 5.41) is 9.68. The molecule has 0 aromatic carbocycles. The van der Waals surface area contributed by atoms with E-state index in [0.29, 0.717) is 11.3 Å². The van der Waals surface area contributed by atoms with Gasteiger partial charge in [-0.3, -0.25) is 0 Å². The van der Waals surface area contributed by atoms with Crippen molar-refractivity contribution in [2.24, 2.45) is 17.3 Å².